The van der Waals surface area contributed by atoms with Crippen molar-refractivity contribution in [1.82, 2.24) is 20.3 Å². The number of piperidine rings is 2. The van der Waals surface area contributed by atoms with E-state index in [2.05, 4.69) is 15.3 Å². The van der Waals surface area contributed by atoms with E-state index in [1.807, 2.05) is 14.7 Å². The third kappa shape index (κ3) is 5.19. The van der Waals surface area contributed by atoms with Gasteiger partial charge in [0.2, 0.25) is 23.8 Å². The Hall–Kier alpha value is -1.99. The third-order valence-corrected chi connectivity index (χ3v) is 5.52. The summed E-state index contributed by atoms with van der Waals surface area (Å²) in [7, 11) is 0. The molecule has 0 spiro atoms. The van der Waals surface area contributed by atoms with Crippen LogP contribution < -0.4 is 43.0 Å². The fraction of sp³-hybridized carbons (Fsp3) is 0.765. The molecule has 168 valence electrons. The standard InChI is InChI=1S/C17H31N11O.ClH/c18-10-3-11(19)6-27(5-10)16-23-15(26-2-1-22-14(29)9-26)24-17(25-16)28-7-12(20)4-13(21)8-28;/h10-13H,1-9,18-21H2,(H,22,29);1H/t10-,11+,12-,13+;. The van der Waals surface area contributed by atoms with Gasteiger partial charge in [0.25, 0.3) is 0 Å². The van der Waals surface area contributed by atoms with E-state index in [4.69, 9.17) is 27.9 Å². The summed E-state index contributed by atoms with van der Waals surface area (Å²) in [6.45, 7) is 3.88. The molecule has 3 fully saturated rings. The van der Waals surface area contributed by atoms with Gasteiger partial charge in [0.15, 0.2) is 0 Å². The quantitative estimate of drug-likeness (QED) is 0.321. The summed E-state index contributed by atoms with van der Waals surface area (Å²) in [6.07, 6.45) is 1.53. The summed E-state index contributed by atoms with van der Waals surface area (Å²) in [4.78, 5) is 31.8. The summed E-state index contributed by atoms with van der Waals surface area (Å²) < 4.78 is 0. The fourth-order valence-electron chi connectivity index (χ4n) is 4.26. The molecule has 12 nitrogen and oxygen atoms in total. The van der Waals surface area contributed by atoms with Gasteiger partial charge in [-0.25, -0.2) is 0 Å². The van der Waals surface area contributed by atoms with Crippen LogP contribution >= 0.6 is 12.4 Å². The Morgan fingerprint density at radius 1 is 0.733 bits per heavy atom. The Morgan fingerprint density at radius 3 is 1.53 bits per heavy atom. The van der Waals surface area contributed by atoms with Crippen LogP contribution in [-0.2, 0) is 4.79 Å². The zero-order valence-electron chi connectivity index (χ0n) is 17.0. The minimum Gasteiger partial charge on any atom is -0.353 e. The summed E-state index contributed by atoms with van der Waals surface area (Å²) in [5, 5.41) is 2.82. The predicted molar refractivity (Wildman–Crippen MR) is 118 cm³/mol. The first kappa shape index (κ1) is 22.7. The summed E-state index contributed by atoms with van der Waals surface area (Å²) >= 11 is 0. The number of hydrogen-bond acceptors (Lipinski definition) is 11. The van der Waals surface area contributed by atoms with Crippen molar-refractivity contribution < 1.29 is 4.79 Å². The summed E-state index contributed by atoms with van der Waals surface area (Å²) in [6, 6.07) is -0.167. The number of aromatic nitrogens is 3. The maximum absolute atomic E-state index is 11.9. The number of carbonyl (C=O) groups is 1. The van der Waals surface area contributed by atoms with Crippen LogP contribution in [0.1, 0.15) is 12.8 Å². The molecule has 3 aliphatic rings. The molecule has 3 saturated heterocycles. The van der Waals surface area contributed by atoms with Crippen molar-refractivity contribution in [2.75, 3.05) is 60.5 Å². The van der Waals surface area contributed by atoms with Crippen LogP contribution in [0.5, 0.6) is 0 Å². The molecule has 3 aliphatic heterocycles. The number of piperazine rings is 1. The average molecular weight is 442 g/mol. The lowest BCUT2D eigenvalue weighted by Gasteiger charge is -2.37. The lowest BCUT2D eigenvalue weighted by molar-refractivity contribution is -0.120. The first-order chi connectivity index (χ1) is 13.9. The number of rotatable bonds is 3. The number of halogens is 1. The van der Waals surface area contributed by atoms with E-state index in [1.165, 1.54) is 0 Å². The van der Waals surface area contributed by atoms with Gasteiger partial charge in [-0.2, -0.15) is 15.0 Å². The van der Waals surface area contributed by atoms with Gasteiger partial charge in [-0.1, -0.05) is 0 Å². The van der Waals surface area contributed by atoms with E-state index in [9.17, 15) is 4.79 Å². The molecule has 30 heavy (non-hydrogen) atoms. The monoisotopic (exact) mass is 441 g/mol. The number of hydrogen-bond donors (Lipinski definition) is 5. The molecule has 1 aromatic rings. The van der Waals surface area contributed by atoms with E-state index < -0.39 is 0 Å². The van der Waals surface area contributed by atoms with E-state index in [1.54, 1.807) is 0 Å². The maximum Gasteiger partial charge on any atom is 0.239 e. The van der Waals surface area contributed by atoms with Crippen molar-refractivity contribution in [3.05, 3.63) is 0 Å². The molecule has 0 unspecified atom stereocenters. The van der Waals surface area contributed by atoms with E-state index in [-0.39, 0.29) is 49.0 Å². The minimum absolute atomic E-state index is 0. The van der Waals surface area contributed by atoms with Gasteiger partial charge in [0.1, 0.15) is 0 Å². The highest BCUT2D eigenvalue weighted by Gasteiger charge is 2.30. The first-order valence-electron chi connectivity index (χ1n) is 10.2. The highest BCUT2D eigenvalue weighted by atomic mass is 35.5. The van der Waals surface area contributed by atoms with Crippen molar-refractivity contribution in [2.45, 2.75) is 37.0 Å². The number of nitrogens with zero attached hydrogens (tertiary/aromatic N) is 6. The van der Waals surface area contributed by atoms with Crippen LogP contribution in [0.3, 0.4) is 0 Å². The van der Waals surface area contributed by atoms with Gasteiger partial charge >= 0.3 is 0 Å². The molecule has 1 amide bonds. The molecule has 0 bridgehead atoms. The maximum atomic E-state index is 11.9. The SMILES string of the molecule is Cl.N[C@@H]1C[C@H](N)CN(c2nc(N3CCNC(=O)C3)nc(N3C[C@H](N)C[C@H](N)C3)n2)C1. The molecule has 4 atom stereocenters. The molecule has 0 aromatic carbocycles. The molecule has 13 heteroatoms. The topological polar surface area (TPSA) is 182 Å². The summed E-state index contributed by atoms with van der Waals surface area (Å²) in [5.41, 5.74) is 24.7. The Labute approximate surface area is 182 Å². The second-order valence-electron chi connectivity index (χ2n) is 8.33. The number of carbonyl (C=O) groups excluding carboxylic acids is 1. The van der Waals surface area contributed by atoms with Crippen molar-refractivity contribution >= 4 is 36.2 Å². The lowest BCUT2D eigenvalue weighted by atomic mass is 10.0. The number of nitrogens with one attached hydrogen (secondary N) is 1. The molecule has 1 aromatic heterocycles. The Bertz CT molecular complexity index is 688. The van der Waals surface area contributed by atoms with Crippen molar-refractivity contribution in [3.8, 4) is 0 Å². The van der Waals surface area contributed by atoms with Gasteiger partial charge in [0, 0.05) is 63.4 Å². The van der Waals surface area contributed by atoms with Crippen molar-refractivity contribution in [1.29, 1.82) is 0 Å². The Morgan fingerprint density at radius 2 is 1.13 bits per heavy atom. The molecular formula is C17H32ClN11O. The second-order valence-corrected chi connectivity index (χ2v) is 8.33. The van der Waals surface area contributed by atoms with Crippen molar-refractivity contribution in [3.63, 3.8) is 0 Å². The first-order valence-corrected chi connectivity index (χ1v) is 10.2. The van der Waals surface area contributed by atoms with E-state index in [0.29, 0.717) is 57.1 Å². The Kier molecular flexibility index (Phi) is 7.14. The molecule has 0 aliphatic carbocycles. The number of amides is 1. The smallest absolute Gasteiger partial charge is 0.239 e. The van der Waals surface area contributed by atoms with Crippen LogP contribution in [0.15, 0.2) is 0 Å². The molecule has 0 saturated carbocycles. The zero-order valence-corrected chi connectivity index (χ0v) is 17.8. The van der Waals surface area contributed by atoms with Gasteiger partial charge in [-0.3, -0.25) is 4.79 Å². The third-order valence-electron chi connectivity index (χ3n) is 5.52. The normalized spacial score (nSPS) is 30.0. The fourth-order valence-corrected chi connectivity index (χ4v) is 4.26. The summed E-state index contributed by atoms with van der Waals surface area (Å²) in [5.74, 6) is 1.47. The van der Waals surface area contributed by atoms with Crippen LogP contribution in [0.4, 0.5) is 17.8 Å². The molecule has 0 radical (unpaired) electrons. The van der Waals surface area contributed by atoms with Gasteiger partial charge < -0.3 is 43.0 Å². The van der Waals surface area contributed by atoms with Crippen LogP contribution in [0, 0.1) is 0 Å². The average Bonchev–Trinajstić information content (AvgIpc) is 2.66. The van der Waals surface area contributed by atoms with Crippen molar-refractivity contribution in [2.24, 2.45) is 22.9 Å². The molecular weight excluding hydrogens is 410 g/mol. The highest BCUT2D eigenvalue weighted by molar-refractivity contribution is 5.85. The highest BCUT2D eigenvalue weighted by Crippen LogP contribution is 2.23. The van der Waals surface area contributed by atoms with Gasteiger partial charge in [0.05, 0.1) is 6.54 Å². The van der Waals surface area contributed by atoms with E-state index >= 15 is 0 Å². The second kappa shape index (κ2) is 9.43. The largest absolute Gasteiger partial charge is 0.353 e. The minimum atomic E-state index is -0.0520. The van der Waals surface area contributed by atoms with Crippen LogP contribution in [0.25, 0.3) is 0 Å². The van der Waals surface area contributed by atoms with Crippen LogP contribution in [-0.4, -0.2) is 90.8 Å². The zero-order chi connectivity index (χ0) is 20.5. The molecule has 9 N–H and O–H groups in total. The van der Waals surface area contributed by atoms with E-state index in [0.717, 1.165) is 12.8 Å². The van der Waals surface area contributed by atoms with Gasteiger partial charge in [-0.15, -0.1) is 12.4 Å². The molecule has 4 heterocycles. The lowest BCUT2D eigenvalue weighted by Crippen LogP contribution is -2.54. The Balaban J connectivity index is 0.00000256. The number of anilines is 3. The van der Waals surface area contributed by atoms with Gasteiger partial charge in [-0.05, 0) is 12.8 Å². The molecule has 4 rings (SSSR count). The van der Waals surface area contributed by atoms with Crippen LogP contribution in [0.2, 0.25) is 0 Å². The number of nitrogens with two attached hydrogens (primary N) is 4. The predicted octanol–water partition coefficient (Wildman–Crippen LogP) is -3.04.